The van der Waals surface area contributed by atoms with Gasteiger partial charge in [0, 0.05) is 32.3 Å². The molecule has 0 aliphatic carbocycles. The number of nitrogens with zero attached hydrogens (tertiary/aromatic N) is 3. The third-order valence-electron chi connectivity index (χ3n) is 3.58. The molecule has 1 aromatic rings. The highest BCUT2D eigenvalue weighted by Crippen LogP contribution is 2.23. The van der Waals surface area contributed by atoms with Crippen LogP contribution in [0.25, 0.3) is 0 Å². The lowest BCUT2D eigenvalue weighted by Crippen LogP contribution is -2.39. The van der Waals surface area contributed by atoms with Crippen molar-refractivity contribution in [2.45, 2.75) is 18.9 Å². The second-order valence-electron chi connectivity index (χ2n) is 5.06. The molecule has 1 aliphatic rings. The Hall–Kier alpha value is -1.93. The number of hydrogen-bond donors (Lipinski definition) is 2. The molecule has 116 valence electrons. The Kier molecular flexibility index (Phi) is 5.29. The van der Waals surface area contributed by atoms with Crippen LogP contribution in [-0.2, 0) is 4.74 Å². The molecule has 1 fully saturated rings. The van der Waals surface area contributed by atoms with E-state index in [1.807, 2.05) is 4.90 Å². The largest absolute Gasteiger partial charge is 0.383 e. The van der Waals surface area contributed by atoms with Crippen LogP contribution in [0.4, 0.5) is 17.3 Å². The number of hydrogen-bond acceptors (Lipinski definition) is 7. The van der Waals surface area contributed by atoms with Gasteiger partial charge in [-0.2, -0.15) is 0 Å². The van der Waals surface area contributed by atoms with Gasteiger partial charge in [0.15, 0.2) is 0 Å². The molecule has 2 heterocycles. The van der Waals surface area contributed by atoms with E-state index in [2.05, 4.69) is 10.3 Å². The summed E-state index contributed by atoms with van der Waals surface area (Å²) in [6, 6.07) is 3.44. The van der Waals surface area contributed by atoms with Crippen molar-refractivity contribution in [3.05, 3.63) is 22.2 Å². The van der Waals surface area contributed by atoms with E-state index in [4.69, 9.17) is 10.5 Å². The molecule has 1 unspecified atom stereocenters. The van der Waals surface area contributed by atoms with Crippen LogP contribution in [0.2, 0.25) is 0 Å². The zero-order valence-electron chi connectivity index (χ0n) is 12.1. The number of ether oxygens (including phenoxy) is 1. The van der Waals surface area contributed by atoms with Gasteiger partial charge in [-0.05, 0) is 25.5 Å². The van der Waals surface area contributed by atoms with Crippen molar-refractivity contribution in [2.75, 3.05) is 44.0 Å². The predicted molar refractivity (Wildman–Crippen MR) is 80.4 cm³/mol. The first-order chi connectivity index (χ1) is 10.1. The molecule has 3 N–H and O–H groups in total. The van der Waals surface area contributed by atoms with Crippen LogP contribution in [-0.4, -0.2) is 49.3 Å². The summed E-state index contributed by atoms with van der Waals surface area (Å²) in [7, 11) is 1.64. The summed E-state index contributed by atoms with van der Waals surface area (Å²) < 4.78 is 5.12. The van der Waals surface area contributed by atoms with Crippen molar-refractivity contribution in [1.82, 2.24) is 10.3 Å². The molecular weight excluding hydrogens is 274 g/mol. The van der Waals surface area contributed by atoms with Gasteiger partial charge >= 0.3 is 5.69 Å². The Balaban J connectivity index is 2.14. The number of rotatable bonds is 7. The van der Waals surface area contributed by atoms with Gasteiger partial charge in [0.05, 0.1) is 11.5 Å². The Morgan fingerprint density at radius 2 is 2.43 bits per heavy atom. The highest BCUT2D eigenvalue weighted by molar-refractivity contribution is 5.58. The fourth-order valence-corrected chi connectivity index (χ4v) is 2.47. The van der Waals surface area contributed by atoms with Gasteiger partial charge in [-0.1, -0.05) is 0 Å². The third kappa shape index (κ3) is 4.02. The molecule has 1 atom stereocenters. The second-order valence-corrected chi connectivity index (χ2v) is 5.06. The molecule has 0 amide bonds. The normalized spacial score (nSPS) is 17.9. The van der Waals surface area contributed by atoms with E-state index in [0.29, 0.717) is 25.0 Å². The summed E-state index contributed by atoms with van der Waals surface area (Å²) >= 11 is 0. The minimum absolute atomic E-state index is 0.0562. The van der Waals surface area contributed by atoms with Crippen LogP contribution in [0.15, 0.2) is 12.1 Å². The van der Waals surface area contributed by atoms with Crippen LogP contribution in [0.1, 0.15) is 12.8 Å². The zero-order chi connectivity index (χ0) is 15.2. The fraction of sp³-hybridized carbons (Fsp3) is 0.615. The van der Waals surface area contributed by atoms with Crippen molar-refractivity contribution < 1.29 is 9.66 Å². The van der Waals surface area contributed by atoms with Crippen molar-refractivity contribution >= 4 is 17.3 Å². The van der Waals surface area contributed by atoms with Crippen molar-refractivity contribution in [2.24, 2.45) is 0 Å². The van der Waals surface area contributed by atoms with Crippen LogP contribution >= 0.6 is 0 Å². The minimum Gasteiger partial charge on any atom is -0.383 e. The van der Waals surface area contributed by atoms with E-state index < -0.39 is 4.92 Å². The molecule has 8 heteroatoms. The first-order valence-electron chi connectivity index (χ1n) is 7.00. The molecule has 1 aromatic heterocycles. The Labute approximate surface area is 123 Å². The van der Waals surface area contributed by atoms with Crippen LogP contribution in [0, 0.1) is 10.1 Å². The maximum atomic E-state index is 10.8. The Bertz CT molecular complexity index is 491. The van der Waals surface area contributed by atoms with Gasteiger partial charge in [-0.3, -0.25) is 10.1 Å². The SMILES string of the molecule is COCCN(CC1CCCN1)c1ccc([N+](=O)[O-])c(N)n1. The molecule has 1 aliphatic heterocycles. The standard InChI is InChI=1S/C13H21N5O3/c1-21-8-7-17(9-10-3-2-6-15-10)12-5-4-11(18(19)20)13(14)16-12/h4-5,10,15H,2-3,6-9H2,1H3,(H2,14,16). The first-order valence-corrected chi connectivity index (χ1v) is 7.00. The van der Waals surface area contributed by atoms with E-state index >= 15 is 0 Å². The lowest BCUT2D eigenvalue weighted by atomic mass is 10.2. The third-order valence-corrected chi connectivity index (χ3v) is 3.58. The topological polar surface area (TPSA) is 107 Å². The molecule has 1 saturated heterocycles. The van der Waals surface area contributed by atoms with Gasteiger partial charge in [-0.25, -0.2) is 4.98 Å². The van der Waals surface area contributed by atoms with E-state index in [1.54, 1.807) is 13.2 Å². The fourth-order valence-electron chi connectivity index (χ4n) is 2.47. The van der Waals surface area contributed by atoms with Gasteiger partial charge in [0.25, 0.3) is 0 Å². The summed E-state index contributed by atoms with van der Waals surface area (Å²) in [5.74, 6) is 0.586. The van der Waals surface area contributed by atoms with Crippen LogP contribution in [0.3, 0.4) is 0 Å². The number of nitrogens with two attached hydrogens (primary N) is 1. The maximum Gasteiger partial charge on any atom is 0.311 e. The van der Waals surface area contributed by atoms with Gasteiger partial charge in [0.1, 0.15) is 5.82 Å². The molecule has 21 heavy (non-hydrogen) atoms. The average Bonchev–Trinajstić information content (AvgIpc) is 2.95. The van der Waals surface area contributed by atoms with E-state index in [1.165, 1.54) is 12.5 Å². The lowest BCUT2D eigenvalue weighted by molar-refractivity contribution is -0.384. The molecule has 0 saturated carbocycles. The van der Waals surface area contributed by atoms with E-state index in [9.17, 15) is 10.1 Å². The molecule has 0 radical (unpaired) electrons. The van der Waals surface area contributed by atoms with Crippen molar-refractivity contribution in [3.63, 3.8) is 0 Å². The average molecular weight is 295 g/mol. The highest BCUT2D eigenvalue weighted by atomic mass is 16.6. The minimum atomic E-state index is -0.524. The molecule has 0 spiro atoms. The molecule has 8 nitrogen and oxygen atoms in total. The quantitative estimate of drug-likeness (QED) is 0.565. The zero-order valence-corrected chi connectivity index (χ0v) is 12.1. The summed E-state index contributed by atoms with van der Waals surface area (Å²) in [6.45, 7) is 3.04. The van der Waals surface area contributed by atoms with Crippen LogP contribution in [0.5, 0.6) is 0 Å². The smallest absolute Gasteiger partial charge is 0.311 e. The number of nitro groups is 1. The van der Waals surface area contributed by atoms with Crippen LogP contribution < -0.4 is 16.0 Å². The number of aromatic nitrogens is 1. The van der Waals surface area contributed by atoms with Gasteiger partial charge in [0.2, 0.25) is 5.82 Å². The van der Waals surface area contributed by atoms with Gasteiger partial charge < -0.3 is 20.7 Å². The number of methoxy groups -OCH3 is 1. The van der Waals surface area contributed by atoms with Crippen molar-refractivity contribution in [3.8, 4) is 0 Å². The lowest BCUT2D eigenvalue weighted by Gasteiger charge is -2.26. The monoisotopic (exact) mass is 295 g/mol. The predicted octanol–water partition coefficient (Wildman–Crippen LogP) is 0.777. The maximum absolute atomic E-state index is 10.8. The number of nitrogen functional groups attached to an aromatic ring is 1. The highest BCUT2D eigenvalue weighted by Gasteiger charge is 2.21. The summed E-state index contributed by atoms with van der Waals surface area (Å²) in [6.07, 6.45) is 2.28. The van der Waals surface area contributed by atoms with Gasteiger partial charge in [-0.15, -0.1) is 0 Å². The molecule has 2 rings (SSSR count). The number of nitrogens with one attached hydrogen (secondary N) is 1. The summed E-state index contributed by atoms with van der Waals surface area (Å²) in [5.41, 5.74) is 5.51. The second kappa shape index (κ2) is 7.19. The molecule has 0 aromatic carbocycles. The Morgan fingerprint density at radius 1 is 1.62 bits per heavy atom. The number of anilines is 2. The molecule has 0 bridgehead atoms. The van der Waals surface area contributed by atoms with E-state index in [0.717, 1.165) is 19.5 Å². The van der Waals surface area contributed by atoms with E-state index in [-0.39, 0.29) is 11.5 Å². The Morgan fingerprint density at radius 3 is 3.00 bits per heavy atom. The first kappa shape index (κ1) is 15.5. The summed E-state index contributed by atoms with van der Waals surface area (Å²) in [4.78, 5) is 16.5. The summed E-state index contributed by atoms with van der Waals surface area (Å²) in [5, 5.41) is 14.2. The van der Waals surface area contributed by atoms with Crippen molar-refractivity contribution in [1.29, 1.82) is 0 Å². The number of pyridine rings is 1. The molecular formula is C13H21N5O3.